The highest BCUT2D eigenvalue weighted by atomic mass is 32.2. The Labute approximate surface area is 113 Å². The molecule has 18 heavy (non-hydrogen) atoms. The third kappa shape index (κ3) is 5.19. The van der Waals surface area contributed by atoms with Gasteiger partial charge in [-0.05, 0) is 37.9 Å². The van der Waals surface area contributed by atoms with E-state index in [2.05, 4.69) is 18.1 Å². The van der Waals surface area contributed by atoms with E-state index in [0.717, 1.165) is 11.3 Å². The van der Waals surface area contributed by atoms with Gasteiger partial charge in [0.2, 0.25) is 0 Å². The lowest BCUT2D eigenvalue weighted by molar-refractivity contribution is -0.119. The zero-order chi connectivity index (χ0) is 13.5. The van der Waals surface area contributed by atoms with Crippen LogP contribution in [-0.4, -0.2) is 42.3 Å². The number of rotatable bonds is 7. The Kier molecular flexibility index (Phi) is 6.36. The molecule has 0 saturated heterocycles. The van der Waals surface area contributed by atoms with Crippen LogP contribution in [0.1, 0.15) is 12.5 Å². The average molecular weight is 269 g/mol. The molecule has 1 atom stereocenters. The van der Waals surface area contributed by atoms with Crippen LogP contribution in [0, 0.1) is 5.82 Å². The first kappa shape index (κ1) is 15.2. The van der Waals surface area contributed by atoms with Crippen molar-refractivity contribution in [1.29, 1.82) is 0 Å². The van der Waals surface area contributed by atoms with Crippen molar-refractivity contribution in [2.45, 2.75) is 19.4 Å². The summed E-state index contributed by atoms with van der Waals surface area (Å²) < 4.78 is 12.7. The van der Waals surface area contributed by atoms with Gasteiger partial charge in [-0.3, -0.25) is 9.69 Å². The van der Waals surface area contributed by atoms with Crippen LogP contribution in [0.25, 0.3) is 0 Å². The van der Waals surface area contributed by atoms with Crippen molar-refractivity contribution >= 4 is 17.5 Å². The Morgan fingerprint density at radius 1 is 1.39 bits per heavy atom. The second kappa shape index (κ2) is 7.54. The van der Waals surface area contributed by atoms with Crippen LogP contribution < -0.4 is 0 Å². The fourth-order valence-electron chi connectivity index (χ4n) is 1.69. The Morgan fingerprint density at radius 3 is 2.56 bits per heavy atom. The van der Waals surface area contributed by atoms with Crippen molar-refractivity contribution in [3.05, 3.63) is 35.6 Å². The molecule has 0 N–H and O–H groups in total. The molecule has 4 heteroatoms. The number of carbonyl (C=O) groups excluding carboxylic acids is 1. The van der Waals surface area contributed by atoms with Crippen molar-refractivity contribution in [1.82, 2.24) is 4.90 Å². The summed E-state index contributed by atoms with van der Waals surface area (Å²) in [5.41, 5.74) is 0.868. The molecule has 0 aliphatic rings. The van der Waals surface area contributed by atoms with Gasteiger partial charge in [0.15, 0.2) is 5.78 Å². The summed E-state index contributed by atoms with van der Waals surface area (Å²) in [5, 5.41) is 0. The number of nitrogens with zero attached hydrogens (tertiary/aromatic N) is 1. The van der Waals surface area contributed by atoms with Gasteiger partial charge in [-0.2, -0.15) is 11.8 Å². The summed E-state index contributed by atoms with van der Waals surface area (Å²) in [7, 11) is 1.96. The van der Waals surface area contributed by atoms with Gasteiger partial charge in [0.25, 0.3) is 0 Å². The molecule has 2 nitrogen and oxygen atoms in total. The lowest BCUT2D eigenvalue weighted by Gasteiger charge is -2.23. The van der Waals surface area contributed by atoms with E-state index >= 15 is 0 Å². The van der Waals surface area contributed by atoms with Crippen LogP contribution in [0.15, 0.2) is 24.3 Å². The summed E-state index contributed by atoms with van der Waals surface area (Å²) in [4.78, 5) is 13.9. The van der Waals surface area contributed by atoms with Gasteiger partial charge < -0.3 is 0 Å². The molecule has 0 heterocycles. The number of Topliss-reactive ketones (excluding diaryl/α,β-unsaturated/α-hetero) is 1. The zero-order valence-corrected chi connectivity index (χ0v) is 12.0. The molecule has 0 spiro atoms. The largest absolute Gasteiger partial charge is 0.298 e. The van der Waals surface area contributed by atoms with Gasteiger partial charge in [0, 0.05) is 18.2 Å². The summed E-state index contributed by atoms with van der Waals surface area (Å²) in [6.07, 6.45) is 2.43. The fraction of sp³-hybridized carbons (Fsp3) is 0.500. The highest BCUT2D eigenvalue weighted by Crippen LogP contribution is 2.07. The minimum absolute atomic E-state index is 0.164. The number of carbonyl (C=O) groups is 1. The Bertz CT molecular complexity index is 380. The predicted molar refractivity (Wildman–Crippen MR) is 75.6 cm³/mol. The van der Waals surface area contributed by atoms with Crippen LogP contribution >= 0.6 is 11.8 Å². The smallest absolute Gasteiger partial charge is 0.151 e. The quantitative estimate of drug-likeness (QED) is 0.759. The van der Waals surface area contributed by atoms with Gasteiger partial charge in [-0.25, -0.2) is 4.39 Å². The molecule has 100 valence electrons. The molecule has 0 bridgehead atoms. The topological polar surface area (TPSA) is 20.3 Å². The van der Waals surface area contributed by atoms with Gasteiger partial charge >= 0.3 is 0 Å². The molecule has 0 saturated carbocycles. The molecule has 1 rings (SSSR count). The molecular weight excluding hydrogens is 249 g/mol. The van der Waals surface area contributed by atoms with E-state index in [1.165, 1.54) is 12.1 Å². The van der Waals surface area contributed by atoms with E-state index in [1.54, 1.807) is 23.9 Å². The molecule has 0 aliphatic carbocycles. The van der Waals surface area contributed by atoms with E-state index in [0.29, 0.717) is 19.0 Å². The molecule has 0 aliphatic heterocycles. The maximum atomic E-state index is 12.7. The number of halogens is 1. The molecular formula is C14H20FNOS. The van der Waals surface area contributed by atoms with Crippen molar-refractivity contribution < 1.29 is 9.18 Å². The first-order chi connectivity index (χ1) is 8.52. The van der Waals surface area contributed by atoms with E-state index in [1.807, 2.05) is 7.05 Å². The Hall–Kier alpha value is -0.870. The van der Waals surface area contributed by atoms with Crippen LogP contribution in [0.4, 0.5) is 4.39 Å². The van der Waals surface area contributed by atoms with Gasteiger partial charge in [-0.1, -0.05) is 12.1 Å². The Morgan fingerprint density at radius 2 is 2.00 bits per heavy atom. The molecule has 1 unspecified atom stereocenters. The van der Waals surface area contributed by atoms with Crippen molar-refractivity contribution in [3.8, 4) is 0 Å². The number of hydrogen-bond acceptors (Lipinski definition) is 3. The maximum absolute atomic E-state index is 12.7. The molecule has 0 amide bonds. The number of thioether (sulfide) groups is 1. The number of likely N-dealkylation sites (N-methyl/N-ethyl adjacent to an activating group) is 1. The van der Waals surface area contributed by atoms with Crippen LogP contribution in [0.3, 0.4) is 0 Å². The van der Waals surface area contributed by atoms with Crippen molar-refractivity contribution in [2.24, 2.45) is 0 Å². The number of ketones is 1. The summed E-state index contributed by atoms with van der Waals surface area (Å²) in [5.74, 6) is 0.911. The lowest BCUT2D eigenvalue weighted by atomic mass is 10.1. The second-order valence-corrected chi connectivity index (χ2v) is 5.47. The van der Waals surface area contributed by atoms with E-state index < -0.39 is 0 Å². The van der Waals surface area contributed by atoms with Crippen molar-refractivity contribution in [3.63, 3.8) is 0 Å². The summed E-state index contributed by atoms with van der Waals surface area (Å²) in [6.45, 7) is 2.56. The number of benzene rings is 1. The Balaban J connectivity index is 2.44. The van der Waals surface area contributed by atoms with Crippen LogP contribution in [0.5, 0.6) is 0 Å². The maximum Gasteiger partial charge on any atom is 0.151 e. The highest BCUT2D eigenvalue weighted by molar-refractivity contribution is 7.98. The van der Waals surface area contributed by atoms with Gasteiger partial charge in [-0.15, -0.1) is 0 Å². The molecule has 1 aromatic carbocycles. The van der Waals surface area contributed by atoms with E-state index in [-0.39, 0.29) is 11.6 Å². The van der Waals surface area contributed by atoms with Gasteiger partial charge in [0.1, 0.15) is 5.82 Å². The molecule has 0 aromatic heterocycles. The second-order valence-electron chi connectivity index (χ2n) is 4.56. The summed E-state index contributed by atoms with van der Waals surface area (Å²) >= 11 is 1.78. The minimum Gasteiger partial charge on any atom is -0.298 e. The van der Waals surface area contributed by atoms with Crippen LogP contribution in [-0.2, 0) is 11.2 Å². The van der Waals surface area contributed by atoms with Crippen LogP contribution in [0.2, 0.25) is 0 Å². The first-order valence-corrected chi connectivity index (χ1v) is 7.37. The molecule has 1 aromatic rings. The predicted octanol–water partition coefficient (Wildman–Crippen LogP) is 2.62. The van der Waals surface area contributed by atoms with E-state index in [4.69, 9.17) is 0 Å². The fourth-order valence-corrected chi connectivity index (χ4v) is 2.43. The number of hydrogen-bond donors (Lipinski definition) is 0. The third-order valence-corrected chi connectivity index (χ3v) is 3.72. The van der Waals surface area contributed by atoms with Gasteiger partial charge in [0.05, 0.1) is 6.54 Å². The average Bonchev–Trinajstić information content (AvgIpc) is 2.32. The minimum atomic E-state index is -0.267. The normalized spacial score (nSPS) is 12.7. The highest BCUT2D eigenvalue weighted by Gasteiger charge is 2.12. The third-order valence-electron chi connectivity index (χ3n) is 2.90. The monoisotopic (exact) mass is 269 g/mol. The SMILES string of the molecule is CSCC(C)N(C)CC(=O)Cc1ccc(F)cc1. The van der Waals surface area contributed by atoms with Crippen molar-refractivity contribution in [2.75, 3.05) is 25.6 Å². The molecule has 0 fully saturated rings. The summed E-state index contributed by atoms with van der Waals surface area (Å²) in [6, 6.07) is 6.50. The van der Waals surface area contributed by atoms with E-state index in [9.17, 15) is 9.18 Å². The zero-order valence-electron chi connectivity index (χ0n) is 11.1. The lowest BCUT2D eigenvalue weighted by Crippen LogP contribution is -2.35. The first-order valence-electron chi connectivity index (χ1n) is 5.98. The standard InChI is InChI=1S/C14H20FNOS/c1-11(10-18-3)16(2)9-14(17)8-12-4-6-13(15)7-5-12/h4-7,11H,8-10H2,1-3H3. The molecule has 0 radical (unpaired) electrons.